The van der Waals surface area contributed by atoms with Crippen LogP contribution in [0.15, 0.2) is 29.6 Å². The first-order chi connectivity index (χ1) is 10.7. The van der Waals surface area contributed by atoms with E-state index in [1.807, 2.05) is 17.0 Å². The average Bonchev–Trinajstić information content (AvgIpc) is 3.18. The fourth-order valence-corrected chi connectivity index (χ4v) is 3.45. The minimum Gasteiger partial charge on any atom is -0.337 e. The summed E-state index contributed by atoms with van der Waals surface area (Å²) in [5.41, 5.74) is 7.14. The zero-order chi connectivity index (χ0) is 15.5. The van der Waals surface area contributed by atoms with Crippen LogP contribution in [0.4, 0.5) is 4.39 Å². The van der Waals surface area contributed by atoms with E-state index in [-0.39, 0.29) is 11.7 Å². The van der Waals surface area contributed by atoms with E-state index in [4.69, 9.17) is 5.73 Å². The number of thiazole rings is 1. The minimum atomic E-state index is -0.216. The first-order valence-electron chi connectivity index (χ1n) is 7.34. The average molecular weight is 319 g/mol. The second kappa shape index (κ2) is 6.54. The Labute approximate surface area is 132 Å². The second-order valence-electron chi connectivity index (χ2n) is 5.57. The lowest BCUT2D eigenvalue weighted by Gasteiger charge is -2.15. The van der Waals surface area contributed by atoms with Crippen LogP contribution in [0, 0.1) is 11.7 Å². The number of nitrogens with two attached hydrogens (primary N) is 1. The standard InChI is InChI=1S/C16H18FN3OS/c17-13-3-1-11(2-4-13)7-12-5-6-20(9-12)16(21)14-10-22-15(8-18)19-14/h1-4,10,12H,5-9,18H2. The molecule has 1 fully saturated rings. The SMILES string of the molecule is NCc1nc(C(=O)N2CCC(Cc3ccc(F)cc3)C2)cs1. The smallest absolute Gasteiger partial charge is 0.273 e. The molecule has 1 atom stereocenters. The van der Waals surface area contributed by atoms with Gasteiger partial charge in [0.1, 0.15) is 16.5 Å². The van der Waals surface area contributed by atoms with Gasteiger partial charge in [0.15, 0.2) is 0 Å². The Morgan fingerprint density at radius 2 is 2.18 bits per heavy atom. The Morgan fingerprint density at radius 1 is 1.41 bits per heavy atom. The number of likely N-dealkylation sites (tertiary alicyclic amines) is 1. The molecule has 0 bridgehead atoms. The molecule has 3 rings (SSSR count). The number of hydrogen-bond acceptors (Lipinski definition) is 4. The lowest BCUT2D eigenvalue weighted by Crippen LogP contribution is -2.29. The number of benzene rings is 1. The molecule has 1 amide bonds. The summed E-state index contributed by atoms with van der Waals surface area (Å²) in [5, 5.41) is 2.56. The van der Waals surface area contributed by atoms with Crippen LogP contribution in [0.1, 0.15) is 27.5 Å². The largest absolute Gasteiger partial charge is 0.337 e. The number of carbonyl (C=O) groups is 1. The van der Waals surface area contributed by atoms with Gasteiger partial charge in [0.05, 0.1) is 0 Å². The first kappa shape index (κ1) is 15.1. The van der Waals surface area contributed by atoms with Crippen LogP contribution >= 0.6 is 11.3 Å². The summed E-state index contributed by atoms with van der Waals surface area (Å²) >= 11 is 1.42. The molecule has 22 heavy (non-hydrogen) atoms. The van der Waals surface area contributed by atoms with Gasteiger partial charge in [-0.25, -0.2) is 9.37 Å². The van der Waals surface area contributed by atoms with Crippen molar-refractivity contribution < 1.29 is 9.18 Å². The van der Waals surface area contributed by atoms with Crippen molar-refractivity contribution in [1.82, 2.24) is 9.88 Å². The lowest BCUT2D eigenvalue weighted by molar-refractivity contribution is 0.0782. The molecule has 2 N–H and O–H groups in total. The Bertz CT molecular complexity index is 656. The van der Waals surface area contributed by atoms with Crippen LogP contribution in [0.5, 0.6) is 0 Å². The van der Waals surface area contributed by atoms with Crippen molar-refractivity contribution in [3.63, 3.8) is 0 Å². The van der Waals surface area contributed by atoms with Gasteiger partial charge in [-0.05, 0) is 36.5 Å². The molecule has 2 heterocycles. The normalized spacial score (nSPS) is 17.9. The number of hydrogen-bond donors (Lipinski definition) is 1. The van der Waals surface area contributed by atoms with E-state index in [1.165, 1.54) is 23.5 Å². The van der Waals surface area contributed by atoms with Crippen LogP contribution in [-0.4, -0.2) is 28.9 Å². The van der Waals surface area contributed by atoms with Gasteiger partial charge < -0.3 is 10.6 Å². The van der Waals surface area contributed by atoms with Gasteiger partial charge >= 0.3 is 0 Å². The molecule has 6 heteroatoms. The summed E-state index contributed by atoms with van der Waals surface area (Å²) in [4.78, 5) is 18.5. The molecular formula is C16H18FN3OS. The summed E-state index contributed by atoms with van der Waals surface area (Å²) in [6.45, 7) is 1.84. The quantitative estimate of drug-likeness (QED) is 0.941. The molecule has 1 aliphatic rings. The highest BCUT2D eigenvalue weighted by Gasteiger charge is 2.28. The summed E-state index contributed by atoms with van der Waals surface area (Å²) in [6.07, 6.45) is 1.84. The highest BCUT2D eigenvalue weighted by atomic mass is 32.1. The van der Waals surface area contributed by atoms with E-state index in [2.05, 4.69) is 4.98 Å². The van der Waals surface area contributed by atoms with E-state index in [0.29, 0.717) is 18.2 Å². The summed E-state index contributed by atoms with van der Waals surface area (Å²) in [7, 11) is 0. The van der Waals surface area contributed by atoms with Crippen molar-refractivity contribution in [2.75, 3.05) is 13.1 Å². The molecular weight excluding hydrogens is 301 g/mol. The molecule has 116 valence electrons. The third-order valence-corrected chi connectivity index (χ3v) is 4.83. The highest BCUT2D eigenvalue weighted by Crippen LogP contribution is 2.23. The number of halogens is 1. The molecule has 0 aliphatic carbocycles. The number of amides is 1. The number of carbonyl (C=O) groups excluding carboxylic acids is 1. The number of nitrogens with zero attached hydrogens (tertiary/aromatic N) is 2. The number of aromatic nitrogens is 1. The molecule has 1 saturated heterocycles. The Hall–Kier alpha value is -1.79. The predicted molar refractivity (Wildman–Crippen MR) is 84.1 cm³/mol. The topological polar surface area (TPSA) is 59.2 Å². The summed E-state index contributed by atoms with van der Waals surface area (Å²) < 4.78 is 12.9. The fourth-order valence-electron chi connectivity index (χ4n) is 2.80. The summed E-state index contributed by atoms with van der Waals surface area (Å²) in [6, 6.07) is 6.59. The van der Waals surface area contributed by atoms with Gasteiger partial charge in [0.25, 0.3) is 5.91 Å². The van der Waals surface area contributed by atoms with Crippen molar-refractivity contribution in [3.8, 4) is 0 Å². The maximum absolute atomic E-state index is 12.9. The minimum absolute atomic E-state index is 0.0162. The third kappa shape index (κ3) is 3.34. The van der Waals surface area contributed by atoms with Gasteiger partial charge in [-0.3, -0.25) is 4.79 Å². The van der Waals surface area contributed by atoms with Gasteiger partial charge in [-0.1, -0.05) is 12.1 Å². The predicted octanol–water partition coefficient (Wildman–Crippen LogP) is 2.45. The molecule has 1 unspecified atom stereocenters. The molecule has 1 aromatic heterocycles. The van der Waals surface area contributed by atoms with Gasteiger partial charge in [-0.2, -0.15) is 0 Å². The van der Waals surface area contributed by atoms with Crippen molar-refractivity contribution in [2.24, 2.45) is 11.7 Å². The molecule has 0 saturated carbocycles. The van der Waals surface area contributed by atoms with E-state index in [9.17, 15) is 9.18 Å². The molecule has 4 nitrogen and oxygen atoms in total. The molecule has 2 aromatic rings. The molecule has 0 spiro atoms. The summed E-state index contributed by atoms with van der Waals surface area (Å²) in [5.74, 6) is 0.186. The lowest BCUT2D eigenvalue weighted by atomic mass is 9.99. The fraction of sp³-hybridized carbons (Fsp3) is 0.375. The number of rotatable bonds is 4. The van der Waals surface area contributed by atoms with Crippen LogP contribution in [-0.2, 0) is 13.0 Å². The van der Waals surface area contributed by atoms with E-state index < -0.39 is 0 Å². The maximum atomic E-state index is 12.9. The van der Waals surface area contributed by atoms with E-state index in [1.54, 1.807) is 5.38 Å². The highest BCUT2D eigenvalue weighted by molar-refractivity contribution is 7.09. The van der Waals surface area contributed by atoms with Crippen molar-refractivity contribution in [2.45, 2.75) is 19.4 Å². The van der Waals surface area contributed by atoms with Crippen LogP contribution in [0.25, 0.3) is 0 Å². The Balaban J connectivity index is 1.59. The first-order valence-corrected chi connectivity index (χ1v) is 8.22. The zero-order valence-corrected chi connectivity index (χ0v) is 13.0. The zero-order valence-electron chi connectivity index (χ0n) is 12.2. The monoisotopic (exact) mass is 319 g/mol. The van der Waals surface area contributed by atoms with Gasteiger partial charge in [0, 0.05) is 25.0 Å². The third-order valence-electron chi connectivity index (χ3n) is 3.96. The second-order valence-corrected chi connectivity index (χ2v) is 6.51. The Kier molecular flexibility index (Phi) is 4.49. The van der Waals surface area contributed by atoms with Crippen molar-refractivity contribution >= 4 is 17.2 Å². The van der Waals surface area contributed by atoms with Crippen molar-refractivity contribution in [3.05, 3.63) is 51.7 Å². The van der Waals surface area contributed by atoms with Crippen LogP contribution in [0.3, 0.4) is 0 Å². The van der Waals surface area contributed by atoms with E-state index >= 15 is 0 Å². The Morgan fingerprint density at radius 3 is 2.86 bits per heavy atom. The van der Waals surface area contributed by atoms with Gasteiger partial charge in [0.2, 0.25) is 0 Å². The molecule has 1 aromatic carbocycles. The van der Waals surface area contributed by atoms with Gasteiger partial charge in [-0.15, -0.1) is 11.3 Å². The van der Waals surface area contributed by atoms with Crippen LogP contribution in [0.2, 0.25) is 0 Å². The van der Waals surface area contributed by atoms with Crippen LogP contribution < -0.4 is 5.73 Å². The molecule has 0 radical (unpaired) electrons. The van der Waals surface area contributed by atoms with Crippen molar-refractivity contribution in [1.29, 1.82) is 0 Å². The van der Waals surface area contributed by atoms with E-state index in [0.717, 1.165) is 36.5 Å². The maximum Gasteiger partial charge on any atom is 0.273 e. The molecule has 1 aliphatic heterocycles.